The summed E-state index contributed by atoms with van der Waals surface area (Å²) >= 11 is 0. The van der Waals surface area contributed by atoms with Gasteiger partial charge in [-0.15, -0.1) is 4.91 Å². The molecule has 0 fully saturated rings. The van der Waals surface area contributed by atoms with Crippen LogP contribution in [-0.4, -0.2) is 0 Å². The molecule has 1 aliphatic carbocycles. The van der Waals surface area contributed by atoms with Gasteiger partial charge in [0.15, 0.2) is 0 Å². The Hall–Kier alpha value is -3.52. The zero-order valence-corrected chi connectivity index (χ0v) is 15.6. The lowest BCUT2D eigenvalue weighted by molar-refractivity contribution is 0.768. The molecule has 0 N–H and O–H groups in total. The fraction of sp³-hybridized carbons (Fsp3) is 0.0769. The minimum Gasteiger partial charge on any atom is -0.145 e. The maximum Gasteiger partial charge on any atom is 0.108 e. The molecule has 5 rings (SSSR count). The minimum atomic E-state index is -0.414. The summed E-state index contributed by atoms with van der Waals surface area (Å²) in [5.41, 5.74) is 8.69. The van der Waals surface area contributed by atoms with E-state index in [-0.39, 0.29) is 0 Å². The number of hydrogen-bond acceptors (Lipinski definition) is 2. The summed E-state index contributed by atoms with van der Waals surface area (Å²) < 4.78 is 0. The van der Waals surface area contributed by atoms with Crippen molar-refractivity contribution in [3.8, 4) is 11.1 Å². The molecule has 1 aliphatic rings. The second kappa shape index (κ2) is 6.28. The molecule has 2 nitrogen and oxygen atoms in total. The van der Waals surface area contributed by atoms with Gasteiger partial charge in [0.1, 0.15) is 5.69 Å². The summed E-state index contributed by atoms with van der Waals surface area (Å²) in [5.74, 6) is 0. The van der Waals surface area contributed by atoms with Gasteiger partial charge in [0.25, 0.3) is 0 Å². The molecular weight excluding hydrogens is 342 g/mol. The first-order valence-electron chi connectivity index (χ1n) is 9.45. The average molecular weight is 361 g/mol. The summed E-state index contributed by atoms with van der Waals surface area (Å²) in [4.78, 5) is 11.0. The van der Waals surface area contributed by atoms with Crippen LogP contribution in [0, 0.1) is 11.8 Å². The molecule has 28 heavy (non-hydrogen) atoms. The minimum absolute atomic E-state index is 0.414. The van der Waals surface area contributed by atoms with Gasteiger partial charge in [0.05, 0.1) is 5.41 Å². The molecule has 0 saturated heterocycles. The van der Waals surface area contributed by atoms with E-state index in [2.05, 4.69) is 84.9 Å². The van der Waals surface area contributed by atoms with Crippen LogP contribution in [0.1, 0.15) is 27.8 Å². The topological polar surface area (TPSA) is 29.4 Å². The van der Waals surface area contributed by atoms with Crippen molar-refractivity contribution in [1.82, 2.24) is 0 Å². The number of fused-ring (bicyclic) bond motifs is 3. The lowest BCUT2D eigenvalue weighted by Crippen LogP contribution is -2.28. The summed E-state index contributed by atoms with van der Waals surface area (Å²) in [6.45, 7) is 2.11. The van der Waals surface area contributed by atoms with Crippen LogP contribution in [0.3, 0.4) is 0 Å². The molecule has 134 valence electrons. The molecule has 0 aromatic heterocycles. The number of rotatable bonds is 3. The zero-order valence-electron chi connectivity index (χ0n) is 15.6. The normalized spacial score (nSPS) is 13.6. The average Bonchev–Trinajstić information content (AvgIpc) is 3.06. The summed E-state index contributed by atoms with van der Waals surface area (Å²) in [7, 11) is 0. The Balaban J connectivity index is 1.92. The lowest BCUT2D eigenvalue weighted by Gasteiger charge is -2.34. The van der Waals surface area contributed by atoms with E-state index in [0.717, 1.165) is 5.56 Å². The first kappa shape index (κ1) is 16.6. The Kier molecular flexibility index (Phi) is 3.73. The van der Waals surface area contributed by atoms with E-state index in [4.69, 9.17) is 0 Å². The number of hydrogen-bond donors (Lipinski definition) is 0. The lowest BCUT2D eigenvalue weighted by atomic mass is 9.67. The van der Waals surface area contributed by atoms with Crippen molar-refractivity contribution < 1.29 is 0 Å². The van der Waals surface area contributed by atoms with Gasteiger partial charge in [-0.1, -0.05) is 90.5 Å². The van der Waals surface area contributed by atoms with Crippen LogP contribution in [0.4, 0.5) is 5.69 Å². The molecule has 0 aliphatic heterocycles. The Morgan fingerprint density at radius 1 is 0.607 bits per heavy atom. The van der Waals surface area contributed by atoms with Crippen LogP contribution in [0.5, 0.6) is 0 Å². The van der Waals surface area contributed by atoms with Crippen LogP contribution in [0.2, 0.25) is 0 Å². The van der Waals surface area contributed by atoms with Crippen LogP contribution in [-0.2, 0) is 5.41 Å². The molecule has 2 heteroatoms. The van der Waals surface area contributed by atoms with E-state index >= 15 is 0 Å². The Morgan fingerprint density at radius 2 is 1.07 bits per heavy atom. The molecule has 0 heterocycles. The van der Waals surface area contributed by atoms with Crippen molar-refractivity contribution >= 4 is 5.69 Å². The maximum atomic E-state index is 11.0. The molecule has 0 atom stereocenters. The largest absolute Gasteiger partial charge is 0.145 e. The molecule has 4 aromatic rings. The molecule has 0 bridgehead atoms. The summed E-state index contributed by atoms with van der Waals surface area (Å²) in [6.07, 6.45) is 0. The van der Waals surface area contributed by atoms with Crippen molar-refractivity contribution in [2.75, 3.05) is 0 Å². The van der Waals surface area contributed by atoms with E-state index in [1.807, 2.05) is 24.3 Å². The van der Waals surface area contributed by atoms with Gasteiger partial charge in [-0.2, -0.15) is 0 Å². The van der Waals surface area contributed by atoms with Gasteiger partial charge in [-0.05, 0) is 57.6 Å². The fourth-order valence-corrected chi connectivity index (χ4v) is 4.60. The Bertz CT molecular complexity index is 1130. The van der Waals surface area contributed by atoms with Gasteiger partial charge in [-0.3, -0.25) is 0 Å². The van der Waals surface area contributed by atoms with Crippen molar-refractivity contribution in [2.24, 2.45) is 5.18 Å². The predicted molar refractivity (Wildman–Crippen MR) is 114 cm³/mol. The smallest absolute Gasteiger partial charge is 0.108 e. The first-order valence-corrected chi connectivity index (χ1v) is 9.45. The highest BCUT2D eigenvalue weighted by atomic mass is 16.3. The Labute approximate surface area is 164 Å². The van der Waals surface area contributed by atoms with E-state index in [1.54, 1.807) is 0 Å². The number of aryl methyl sites for hydroxylation is 1. The van der Waals surface area contributed by atoms with Crippen LogP contribution >= 0.6 is 0 Å². The summed E-state index contributed by atoms with van der Waals surface area (Å²) in [6, 6.07) is 33.7. The van der Waals surface area contributed by atoms with Gasteiger partial charge in [0.2, 0.25) is 0 Å². The van der Waals surface area contributed by atoms with E-state index in [1.165, 1.54) is 33.4 Å². The molecule has 0 radical (unpaired) electrons. The first-order chi connectivity index (χ1) is 13.7. The third-order valence-electron chi connectivity index (χ3n) is 5.84. The van der Waals surface area contributed by atoms with Gasteiger partial charge < -0.3 is 0 Å². The second-order valence-electron chi connectivity index (χ2n) is 7.35. The molecule has 0 spiro atoms. The van der Waals surface area contributed by atoms with Gasteiger partial charge in [-0.25, -0.2) is 0 Å². The highest BCUT2D eigenvalue weighted by Gasteiger charge is 2.45. The quantitative estimate of drug-likeness (QED) is 0.327. The monoisotopic (exact) mass is 361 g/mol. The fourth-order valence-electron chi connectivity index (χ4n) is 4.60. The standard InChI is InChI=1S/C26H19NO/c1-18-10-12-19(13-11-18)26(20-14-16-21(27-28)17-15-20)24-8-4-2-6-22(24)23-7-3-5-9-25(23)26/h2-17H,1H3. The SMILES string of the molecule is Cc1ccc(C2(c3ccc(N=O)cc3)c3ccccc3-c3ccccc32)cc1. The highest BCUT2D eigenvalue weighted by molar-refractivity contribution is 5.86. The van der Waals surface area contributed by atoms with Crippen molar-refractivity contribution in [1.29, 1.82) is 0 Å². The van der Waals surface area contributed by atoms with Crippen molar-refractivity contribution in [2.45, 2.75) is 12.3 Å². The van der Waals surface area contributed by atoms with E-state index in [9.17, 15) is 4.91 Å². The van der Waals surface area contributed by atoms with Crippen LogP contribution < -0.4 is 0 Å². The maximum absolute atomic E-state index is 11.0. The van der Waals surface area contributed by atoms with Crippen molar-refractivity contribution in [3.05, 3.63) is 130 Å². The predicted octanol–water partition coefficient (Wildman–Crippen LogP) is 6.76. The molecule has 0 amide bonds. The van der Waals surface area contributed by atoms with E-state index in [0.29, 0.717) is 5.69 Å². The second-order valence-corrected chi connectivity index (χ2v) is 7.35. The molecule has 0 unspecified atom stereocenters. The molecule has 4 aromatic carbocycles. The molecular formula is C26H19NO. The van der Waals surface area contributed by atoms with Crippen molar-refractivity contribution in [3.63, 3.8) is 0 Å². The third-order valence-corrected chi connectivity index (χ3v) is 5.84. The highest BCUT2D eigenvalue weighted by Crippen LogP contribution is 2.55. The Morgan fingerprint density at radius 3 is 1.57 bits per heavy atom. The number of benzene rings is 4. The summed E-state index contributed by atoms with van der Waals surface area (Å²) in [5, 5.41) is 3.08. The van der Waals surface area contributed by atoms with Gasteiger partial charge in [0, 0.05) is 0 Å². The van der Waals surface area contributed by atoms with E-state index < -0.39 is 5.41 Å². The van der Waals surface area contributed by atoms with Crippen LogP contribution in [0.15, 0.2) is 102 Å². The third kappa shape index (κ3) is 2.21. The molecule has 0 saturated carbocycles. The zero-order chi connectivity index (χ0) is 19.1. The van der Waals surface area contributed by atoms with Gasteiger partial charge >= 0.3 is 0 Å². The number of nitroso groups, excluding NO2 is 1. The number of nitrogens with zero attached hydrogens (tertiary/aromatic N) is 1. The van der Waals surface area contributed by atoms with Crippen LogP contribution in [0.25, 0.3) is 11.1 Å².